The zero-order valence-corrected chi connectivity index (χ0v) is 13.0. The lowest BCUT2D eigenvalue weighted by molar-refractivity contribution is 0.225. The van der Waals surface area contributed by atoms with Crippen molar-refractivity contribution in [1.82, 2.24) is 5.32 Å². The molecular formula is C15H21ClN2S. The Morgan fingerprint density at radius 3 is 2.58 bits per heavy atom. The summed E-state index contributed by atoms with van der Waals surface area (Å²) in [5, 5.41) is 8.10. The van der Waals surface area contributed by atoms with Crippen LogP contribution in [-0.4, -0.2) is 11.2 Å². The third-order valence-electron chi connectivity index (χ3n) is 4.13. The van der Waals surface area contributed by atoms with Crippen LogP contribution in [0.3, 0.4) is 0 Å². The molecule has 2 rings (SSSR count). The van der Waals surface area contributed by atoms with Crippen LogP contribution in [0.5, 0.6) is 0 Å². The number of hydrogen-bond donors (Lipinski definition) is 2. The number of nitrogens with one attached hydrogen (secondary N) is 2. The maximum absolute atomic E-state index is 5.86. The molecular weight excluding hydrogens is 276 g/mol. The maximum atomic E-state index is 5.86. The Balaban J connectivity index is 1.88. The molecule has 1 fully saturated rings. The summed E-state index contributed by atoms with van der Waals surface area (Å²) in [7, 11) is 0. The summed E-state index contributed by atoms with van der Waals surface area (Å²) in [4.78, 5) is 0. The highest BCUT2D eigenvalue weighted by molar-refractivity contribution is 7.80. The van der Waals surface area contributed by atoms with Gasteiger partial charge >= 0.3 is 0 Å². The standard InChI is InChI=1S/C15H21ClN2S/c1-10-4-3-5-14(11(10)2)18-15(19)17-13-8-6-12(16)7-9-13/h6-11,14H,3-5H2,1-2H3,(H2,17,18,19). The molecule has 2 nitrogen and oxygen atoms in total. The molecule has 19 heavy (non-hydrogen) atoms. The second-order valence-corrected chi connectivity index (χ2v) is 6.32. The van der Waals surface area contributed by atoms with Crippen molar-refractivity contribution in [2.24, 2.45) is 11.8 Å². The van der Waals surface area contributed by atoms with Crippen molar-refractivity contribution in [3.8, 4) is 0 Å². The zero-order valence-electron chi connectivity index (χ0n) is 11.4. The van der Waals surface area contributed by atoms with Crippen molar-refractivity contribution in [3.63, 3.8) is 0 Å². The fourth-order valence-electron chi connectivity index (χ4n) is 2.65. The van der Waals surface area contributed by atoms with Crippen LogP contribution in [0.2, 0.25) is 5.02 Å². The Labute approximate surface area is 125 Å². The highest BCUT2D eigenvalue weighted by Crippen LogP contribution is 2.29. The van der Waals surface area contributed by atoms with Gasteiger partial charge in [0.2, 0.25) is 0 Å². The lowest BCUT2D eigenvalue weighted by Gasteiger charge is -2.35. The van der Waals surface area contributed by atoms with Crippen LogP contribution >= 0.6 is 23.8 Å². The van der Waals surface area contributed by atoms with E-state index in [4.69, 9.17) is 23.8 Å². The number of benzene rings is 1. The van der Waals surface area contributed by atoms with Gasteiger partial charge in [0.05, 0.1) is 0 Å². The second kappa shape index (κ2) is 6.58. The molecule has 1 aromatic carbocycles. The second-order valence-electron chi connectivity index (χ2n) is 5.48. The molecule has 3 unspecified atom stereocenters. The van der Waals surface area contributed by atoms with Crippen molar-refractivity contribution < 1.29 is 0 Å². The summed E-state index contributed by atoms with van der Waals surface area (Å²) < 4.78 is 0. The van der Waals surface area contributed by atoms with Crippen LogP contribution in [0.15, 0.2) is 24.3 Å². The van der Waals surface area contributed by atoms with E-state index >= 15 is 0 Å². The molecule has 1 aromatic rings. The van der Waals surface area contributed by atoms with E-state index in [1.165, 1.54) is 19.3 Å². The van der Waals surface area contributed by atoms with E-state index in [0.717, 1.165) is 16.6 Å². The Hall–Kier alpha value is -0.800. The minimum absolute atomic E-state index is 0.482. The highest BCUT2D eigenvalue weighted by Gasteiger charge is 2.27. The highest BCUT2D eigenvalue weighted by atomic mass is 35.5. The molecule has 0 aliphatic heterocycles. The first-order chi connectivity index (χ1) is 9.06. The van der Waals surface area contributed by atoms with Crippen LogP contribution in [-0.2, 0) is 0 Å². The van der Waals surface area contributed by atoms with Gasteiger partial charge in [-0.2, -0.15) is 0 Å². The molecule has 0 amide bonds. The van der Waals surface area contributed by atoms with Gasteiger partial charge in [0.15, 0.2) is 5.11 Å². The van der Waals surface area contributed by atoms with Crippen molar-refractivity contribution in [2.75, 3.05) is 5.32 Å². The lowest BCUT2D eigenvalue weighted by Crippen LogP contribution is -2.45. The van der Waals surface area contributed by atoms with Gasteiger partial charge in [-0.3, -0.25) is 0 Å². The normalized spacial score (nSPS) is 26.8. The number of hydrogen-bond acceptors (Lipinski definition) is 1. The van der Waals surface area contributed by atoms with Crippen LogP contribution in [0.4, 0.5) is 5.69 Å². The molecule has 1 saturated carbocycles. The SMILES string of the molecule is CC1CCCC(NC(=S)Nc2ccc(Cl)cc2)C1C. The van der Waals surface area contributed by atoms with Gasteiger partial charge < -0.3 is 10.6 Å². The Bertz CT molecular complexity index is 432. The third kappa shape index (κ3) is 4.08. The summed E-state index contributed by atoms with van der Waals surface area (Å²) in [5.41, 5.74) is 0.971. The molecule has 0 heterocycles. The van der Waals surface area contributed by atoms with Gasteiger partial charge in [-0.15, -0.1) is 0 Å². The first-order valence-corrected chi connectivity index (χ1v) is 7.68. The average molecular weight is 297 g/mol. The van der Waals surface area contributed by atoms with Gasteiger partial charge in [-0.25, -0.2) is 0 Å². The van der Waals surface area contributed by atoms with Crippen molar-refractivity contribution in [3.05, 3.63) is 29.3 Å². The molecule has 1 aliphatic carbocycles. The number of halogens is 1. The fourth-order valence-corrected chi connectivity index (χ4v) is 3.05. The van der Waals surface area contributed by atoms with Crippen LogP contribution < -0.4 is 10.6 Å². The smallest absolute Gasteiger partial charge is 0.171 e. The molecule has 0 bridgehead atoms. The predicted molar refractivity (Wildman–Crippen MR) is 86.8 cm³/mol. The van der Waals surface area contributed by atoms with Crippen LogP contribution in [0.1, 0.15) is 33.1 Å². The molecule has 104 valence electrons. The first kappa shape index (κ1) is 14.6. The van der Waals surface area contributed by atoms with E-state index < -0.39 is 0 Å². The molecule has 1 aliphatic rings. The maximum Gasteiger partial charge on any atom is 0.171 e. The van der Waals surface area contributed by atoms with Gasteiger partial charge in [-0.05, 0) is 54.7 Å². The molecule has 0 radical (unpaired) electrons. The monoisotopic (exact) mass is 296 g/mol. The number of thiocarbonyl (C=S) groups is 1. The Kier molecular flexibility index (Phi) is 5.06. The Morgan fingerprint density at radius 2 is 1.89 bits per heavy atom. The Morgan fingerprint density at radius 1 is 1.21 bits per heavy atom. The first-order valence-electron chi connectivity index (χ1n) is 6.89. The van der Waals surface area contributed by atoms with E-state index in [-0.39, 0.29) is 0 Å². The molecule has 3 atom stereocenters. The summed E-state index contributed by atoms with van der Waals surface area (Å²) in [6.45, 7) is 4.64. The molecule has 0 saturated heterocycles. The van der Waals surface area contributed by atoms with Gasteiger partial charge in [0.1, 0.15) is 0 Å². The van der Waals surface area contributed by atoms with Gasteiger partial charge in [0, 0.05) is 16.8 Å². The average Bonchev–Trinajstić information content (AvgIpc) is 2.38. The van der Waals surface area contributed by atoms with Gasteiger partial charge in [-0.1, -0.05) is 38.3 Å². The predicted octanol–water partition coefficient (Wildman–Crippen LogP) is 4.45. The van der Waals surface area contributed by atoms with Crippen molar-refractivity contribution in [1.29, 1.82) is 0 Å². The summed E-state index contributed by atoms with van der Waals surface area (Å²) in [6, 6.07) is 8.07. The van der Waals surface area contributed by atoms with Gasteiger partial charge in [0.25, 0.3) is 0 Å². The molecule has 2 N–H and O–H groups in total. The van der Waals surface area contributed by atoms with E-state index in [0.29, 0.717) is 17.1 Å². The summed E-state index contributed by atoms with van der Waals surface area (Å²) in [5.74, 6) is 1.43. The summed E-state index contributed by atoms with van der Waals surface area (Å²) in [6.07, 6.45) is 3.82. The minimum Gasteiger partial charge on any atom is -0.359 e. The minimum atomic E-state index is 0.482. The molecule has 0 aromatic heterocycles. The quantitative estimate of drug-likeness (QED) is 0.788. The van der Waals surface area contributed by atoms with Crippen LogP contribution in [0.25, 0.3) is 0 Å². The fraction of sp³-hybridized carbons (Fsp3) is 0.533. The topological polar surface area (TPSA) is 24.1 Å². The third-order valence-corrected chi connectivity index (χ3v) is 4.60. The van der Waals surface area contributed by atoms with Crippen LogP contribution in [0, 0.1) is 11.8 Å². The molecule has 0 spiro atoms. The summed E-state index contributed by atoms with van der Waals surface area (Å²) >= 11 is 11.2. The van der Waals surface area contributed by atoms with E-state index in [1.807, 2.05) is 24.3 Å². The van der Waals surface area contributed by atoms with Crippen molar-refractivity contribution in [2.45, 2.75) is 39.2 Å². The lowest BCUT2D eigenvalue weighted by atomic mass is 9.78. The number of rotatable bonds is 2. The zero-order chi connectivity index (χ0) is 13.8. The van der Waals surface area contributed by atoms with E-state index in [1.54, 1.807) is 0 Å². The van der Waals surface area contributed by atoms with E-state index in [9.17, 15) is 0 Å². The van der Waals surface area contributed by atoms with E-state index in [2.05, 4.69) is 24.5 Å². The molecule has 4 heteroatoms. The number of anilines is 1. The largest absolute Gasteiger partial charge is 0.359 e. The van der Waals surface area contributed by atoms with Crippen molar-refractivity contribution >= 4 is 34.6 Å².